The van der Waals surface area contributed by atoms with E-state index in [0.717, 1.165) is 0 Å². The largest absolute Gasteiger partial charge is 0.464 e. The van der Waals surface area contributed by atoms with Gasteiger partial charge in [-0.15, -0.1) is 12.4 Å². The van der Waals surface area contributed by atoms with E-state index in [-0.39, 0.29) is 24.7 Å². The number of aliphatic hydroxyl groups is 1. The first-order valence-electron chi connectivity index (χ1n) is 5.37. The van der Waals surface area contributed by atoms with E-state index < -0.39 is 23.7 Å². The van der Waals surface area contributed by atoms with Crippen LogP contribution >= 0.6 is 12.4 Å². The number of rotatable bonds is 6. The summed E-state index contributed by atoms with van der Waals surface area (Å²) in [4.78, 5) is 22.6. The second-order valence-electron chi connectivity index (χ2n) is 3.37. The molecule has 106 valence electrons. The molecule has 0 saturated carbocycles. The number of hydrogen-bond acceptors (Lipinski definition) is 5. The Labute approximate surface area is 116 Å². The summed E-state index contributed by atoms with van der Waals surface area (Å²) in [5.41, 5.74) is 0.203. The second kappa shape index (κ2) is 8.28. The number of para-hydroxylation sites is 1. The average molecular weight is 291 g/mol. The number of carbonyl (C=O) groups is 1. The molecule has 1 atom stereocenters. The van der Waals surface area contributed by atoms with Gasteiger partial charge in [0.15, 0.2) is 5.03 Å². The fourth-order valence-corrected chi connectivity index (χ4v) is 1.46. The van der Waals surface area contributed by atoms with Gasteiger partial charge in [-0.2, -0.15) is 0 Å². The summed E-state index contributed by atoms with van der Waals surface area (Å²) >= 11 is 0. The fourth-order valence-electron chi connectivity index (χ4n) is 1.46. The first kappa shape index (κ1) is 17.1. The number of halogens is 1. The van der Waals surface area contributed by atoms with Crippen LogP contribution in [0.3, 0.4) is 0 Å². The van der Waals surface area contributed by atoms with Gasteiger partial charge in [0.2, 0.25) is 6.04 Å². The Morgan fingerprint density at radius 1 is 1.47 bits per heavy atom. The summed E-state index contributed by atoms with van der Waals surface area (Å²) in [7, 11) is 0. The van der Waals surface area contributed by atoms with Gasteiger partial charge in [-0.05, 0) is 19.1 Å². The molecule has 0 saturated heterocycles. The van der Waals surface area contributed by atoms with Crippen LogP contribution in [0.2, 0.25) is 0 Å². The summed E-state index contributed by atoms with van der Waals surface area (Å²) in [6.07, 6.45) is 0. The number of hydrogen-bond donors (Lipinski definition) is 1. The van der Waals surface area contributed by atoms with Crippen LogP contribution in [-0.2, 0) is 9.53 Å². The first-order chi connectivity index (χ1) is 8.61. The van der Waals surface area contributed by atoms with Crippen molar-refractivity contribution in [2.75, 3.05) is 18.2 Å². The van der Waals surface area contributed by atoms with Gasteiger partial charge in [-0.3, -0.25) is 0 Å². The van der Waals surface area contributed by atoms with Crippen LogP contribution in [0.25, 0.3) is 0 Å². The Morgan fingerprint density at radius 3 is 2.47 bits per heavy atom. The lowest BCUT2D eigenvalue weighted by atomic mass is 10.2. The molecule has 7 nitrogen and oxygen atoms in total. The smallest absolute Gasteiger partial charge is 0.337 e. The number of aliphatic hydroxyl groups excluding tert-OH is 1. The van der Waals surface area contributed by atoms with Crippen molar-refractivity contribution in [3.05, 3.63) is 40.4 Å². The molecule has 0 aliphatic heterocycles. The Kier molecular flexibility index (Phi) is 7.47. The third-order valence-electron chi connectivity index (χ3n) is 2.22. The van der Waals surface area contributed by atoms with Crippen molar-refractivity contribution in [1.82, 2.24) is 0 Å². The van der Waals surface area contributed by atoms with E-state index in [1.165, 1.54) is 12.1 Å². The zero-order chi connectivity index (χ0) is 13.5. The van der Waals surface area contributed by atoms with Crippen LogP contribution in [0, 0.1) is 10.1 Å². The second-order valence-corrected chi connectivity index (χ2v) is 3.37. The highest BCUT2D eigenvalue weighted by Gasteiger charge is 2.35. The molecule has 0 fully saturated rings. The number of nitrogens with zero attached hydrogens (tertiary/aromatic N) is 2. The Bertz CT molecular complexity index is 415. The van der Waals surface area contributed by atoms with Gasteiger partial charge in [-0.1, -0.05) is 23.2 Å². The molecule has 0 heterocycles. The number of anilines is 1. The van der Waals surface area contributed by atoms with Gasteiger partial charge < -0.3 is 9.84 Å². The SMILES string of the molecule is CCOC(=O)[C@H](CO)N(c1ccccc1)[N+](=O)[O-].Cl. The molecule has 0 spiro atoms. The quantitative estimate of drug-likeness (QED) is 0.478. The lowest BCUT2D eigenvalue weighted by Crippen LogP contribution is -2.48. The normalized spacial score (nSPS) is 11.1. The predicted octanol–water partition coefficient (Wildman–Crippen LogP) is 1.03. The highest BCUT2D eigenvalue weighted by atomic mass is 35.5. The van der Waals surface area contributed by atoms with E-state index in [1.54, 1.807) is 25.1 Å². The van der Waals surface area contributed by atoms with Crippen molar-refractivity contribution >= 4 is 24.1 Å². The monoisotopic (exact) mass is 290 g/mol. The van der Waals surface area contributed by atoms with Crippen LogP contribution < -0.4 is 5.01 Å². The third-order valence-corrected chi connectivity index (χ3v) is 2.22. The maximum atomic E-state index is 11.6. The Morgan fingerprint density at radius 2 is 2.05 bits per heavy atom. The van der Waals surface area contributed by atoms with E-state index in [1.807, 2.05) is 0 Å². The molecule has 1 rings (SSSR count). The van der Waals surface area contributed by atoms with E-state index >= 15 is 0 Å². The number of benzene rings is 1. The van der Waals surface area contributed by atoms with Gasteiger partial charge in [0.1, 0.15) is 5.69 Å². The minimum absolute atomic E-state index is 0. The van der Waals surface area contributed by atoms with Gasteiger partial charge >= 0.3 is 5.97 Å². The molecule has 1 N–H and O–H groups in total. The molecule has 19 heavy (non-hydrogen) atoms. The number of esters is 1. The van der Waals surface area contributed by atoms with Crippen LogP contribution in [-0.4, -0.2) is 35.4 Å². The zero-order valence-corrected chi connectivity index (χ0v) is 11.1. The highest BCUT2D eigenvalue weighted by molar-refractivity contribution is 5.85. The van der Waals surface area contributed by atoms with Crippen LogP contribution in [0.4, 0.5) is 5.69 Å². The number of hydrazine groups is 1. The number of nitro groups is 1. The standard InChI is InChI=1S/C11H14N2O5.ClH/c1-2-18-11(15)10(8-14)12(13(16)17)9-6-4-3-5-7-9;/h3-7,10,14H,2,8H2,1H3;1H/t10-;/m0./s1. The van der Waals surface area contributed by atoms with E-state index in [2.05, 4.69) is 0 Å². The van der Waals surface area contributed by atoms with Crippen molar-refractivity contribution in [3.63, 3.8) is 0 Å². The molecule has 0 radical (unpaired) electrons. The van der Waals surface area contributed by atoms with Gasteiger partial charge in [-0.25, -0.2) is 14.9 Å². The summed E-state index contributed by atoms with van der Waals surface area (Å²) in [6, 6.07) is 6.49. The lowest BCUT2D eigenvalue weighted by molar-refractivity contribution is -0.499. The molecule has 8 heteroatoms. The minimum Gasteiger partial charge on any atom is -0.464 e. The maximum Gasteiger partial charge on any atom is 0.337 e. The molecular formula is C11H15ClN2O5. The predicted molar refractivity (Wildman–Crippen MR) is 70.7 cm³/mol. The topological polar surface area (TPSA) is 92.9 Å². The first-order valence-corrected chi connectivity index (χ1v) is 5.37. The van der Waals surface area contributed by atoms with Crippen molar-refractivity contribution in [2.45, 2.75) is 13.0 Å². The van der Waals surface area contributed by atoms with Gasteiger partial charge in [0.25, 0.3) is 0 Å². The maximum absolute atomic E-state index is 11.6. The molecule has 0 aliphatic rings. The Hall–Kier alpha value is -1.86. The van der Waals surface area contributed by atoms with Crippen molar-refractivity contribution in [1.29, 1.82) is 0 Å². The summed E-state index contributed by atoms with van der Waals surface area (Å²) in [5, 5.41) is 20.0. The van der Waals surface area contributed by atoms with E-state index in [4.69, 9.17) is 9.84 Å². The van der Waals surface area contributed by atoms with Crippen LogP contribution in [0.5, 0.6) is 0 Å². The molecule has 1 aromatic rings. The summed E-state index contributed by atoms with van der Waals surface area (Å²) in [6.45, 7) is 0.982. The van der Waals surface area contributed by atoms with Crippen LogP contribution in [0.15, 0.2) is 30.3 Å². The molecule has 0 amide bonds. The number of ether oxygens (including phenoxy) is 1. The van der Waals surface area contributed by atoms with Crippen molar-refractivity contribution in [2.24, 2.45) is 0 Å². The summed E-state index contributed by atoms with van der Waals surface area (Å²) in [5.74, 6) is -0.833. The fraction of sp³-hybridized carbons (Fsp3) is 0.364. The van der Waals surface area contributed by atoms with Gasteiger partial charge in [0.05, 0.1) is 13.2 Å². The van der Waals surface area contributed by atoms with Crippen molar-refractivity contribution < 1.29 is 19.7 Å². The molecule has 0 aromatic heterocycles. The average Bonchev–Trinajstić information content (AvgIpc) is 2.36. The number of carbonyl (C=O) groups excluding carboxylic acids is 1. The zero-order valence-electron chi connectivity index (χ0n) is 10.3. The van der Waals surface area contributed by atoms with Crippen LogP contribution in [0.1, 0.15) is 6.92 Å². The molecule has 0 aliphatic carbocycles. The highest BCUT2D eigenvalue weighted by Crippen LogP contribution is 2.17. The molecular weight excluding hydrogens is 276 g/mol. The molecule has 0 bridgehead atoms. The van der Waals surface area contributed by atoms with E-state index in [0.29, 0.717) is 5.01 Å². The summed E-state index contributed by atoms with van der Waals surface area (Å²) < 4.78 is 4.70. The minimum atomic E-state index is -1.36. The van der Waals surface area contributed by atoms with Crippen molar-refractivity contribution in [3.8, 4) is 0 Å². The lowest BCUT2D eigenvalue weighted by Gasteiger charge is -2.21. The Balaban J connectivity index is 0.00000324. The molecule has 0 unspecified atom stereocenters. The molecule has 1 aromatic carbocycles. The van der Waals surface area contributed by atoms with Gasteiger partial charge in [0, 0.05) is 0 Å². The van der Waals surface area contributed by atoms with E-state index in [9.17, 15) is 14.9 Å². The third kappa shape index (κ3) is 4.38.